The van der Waals surface area contributed by atoms with E-state index in [-0.39, 0.29) is 19.5 Å². The van der Waals surface area contributed by atoms with Gasteiger partial charge in [-0.1, -0.05) is 36.9 Å². The number of alkyl halides is 1. The van der Waals surface area contributed by atoms with Crippen LogP contribution in [-0.2, 0) is 16.0 Å². The van der Waals surface area contributed by atoms with Gasteiger partial charge in [0.15, 0.2) is 12.3 Å². The van der Waals surface area contributed by atoms with Gasteiger partial charge in [0.2, 0.25) is 5.91 Å². The highest BCUT2D eigenvalue weighted by Gasteiger charge is 2.38. The Balaban J connectivity index is 1.91. The molecule has 1 fully saturated rings. The zero-order valence-corrected chi connectivity index (χ0v) is 13.5. The van der Waals surface area contributed by atoms with Crippen LogP contribution < -0.4 is 5.32 Å². The number of hydrogen-bond acceptors (Lipinski definition) is 5. The summed E-state index contributed by atoms with van der Waals surface area (Å²) in [7, 11) is -1.81. The number of alkyl carbamates (subject to hydrolysis) is 1. The van der Waals surface area contributed by atoms with Crippen LogP contribution in [-0.4, -0.2) is 65.4 Å². The summed E-state index contributed by atoms with van der Waals surface area (Å²) < 4.78 is 18.9. The summed E-state index contributed by atoms with van der Waals surface area (Å²) in [6, 6.07) is 8.93. The molecule has 0 aliphatic carbocycles. The number of ether oxygens (including phenoxy) is 1. The molecule has 0 saturated carbocycles. The summed E-state index contributed by atoms with van der Waals surface area (Å²) in [6.07, 6.45) is -2.38. The van der Waals surface area contributed by atoms with Crippen molar-refractivity contribution in [2.75, 3.05) is 13.1 Å². The van der Waals surface area contributed by atoms with Crippen molar-refractivity contribution >= 4 is 19.1 Å². The highest BCUT2D eigenvalue weighted by atomic mass is 19.1. The molecule has 2 rings (SSSR count). The molecule has 3 N–H and O–H groups in total. The van der Waals surface area contributed by atoms with E-state index in [9.17, 15) is 24.0 Å². The van der Waals surface area contributed by atoms with Crippen LogP contribution in [0.5, 0.6) is 0 Å². The minimum atomic E-state index is -1.81. The summed E-state index contributed by atoms with van der Waals surface area (Å²) in [4.78, 5) is 24.6. The van der Waals surface area contributed by atoms with Gasteiger partial charge in [-0.3, -0.25) is 4.79 Å². The Kier molecular flexibility index (Phi) is 6.54. The van der Waals surface area contributed by atoms with Gasteiger partial charge in [0.25, 0.3) is 0 Å². The summed E-state index contributed by atoms with van der Waals surface area (Å²) in [5.41, 5.74) is 0.785. The summed E-state index contributed by atoms with van der Waals surface area (Å²) in [6.45, 7) is 3.06. The minimum absolute atomic E-state index is 0.0789. The van der Waals surface area contributed by atoms with Crippen molar-refractivity contribution in [3.05, 3.63) is 48.6 Å². The van der Waals surface area contributed by atoms with E-state index in [1.807, 2.05) is 6.07 Å². The molecule has 3 atom stereocenters. The molecule has 1 heterocycles. The second kappa shape index (κ2) is 8.64. The molecule has 1 aromatic carbocycles. The number of carbonyl (C=O) groups is 2. The molecule has 0 aromatic heterocycles. The average Bonchev–Trinajstić information content (AvgIpc) is 2.95. The van der Waals surface area contributed by atoms with E-state index < -0.39 is 37.3 Å². The van der Waals surface area contributed by atoms with Crippen LogP contribution in [0.4, 0.5) is 9.18 Å². The Bertz CT molecular complexity index is 616. The van der Waals surface area contributed by atoms with Crippen molar-refractivity contribution in [3.63, 3.8) is 0 Å². The number of rotatable bonds is 6. The van der Waals surface area contributed by atoms with Crippen LogP contribution in [0.1, 0.15) is 5.56 Å². The maximum Gasteiger partial charge on any atom is 0.475 e. The smallest absolute Gasteiger partial charge is 0.441 e. The fourth-order valence-corrected chi connectivity index (χ4v) is 2.58. The van der Waals surface area contributed by atoms with Crippen molar-refractivity contribution in [1.82, 2.24) is 10.2 Å². The number of nitrogens with one attached hydrogen (secondary N) is 1. The monoisotopic (exact) mass is 350 g/mol. The summed E-state index contributed by atoms with van der Waals surface area (Å²) in [5.74, 6) is -1.46. The van der Waals surface area contributed by atoms with Gasteiger partial charge in [0.05, 0.1) is 19.0 Å². The van der Waals surface area contributed by atoms with Crippen molar-refractivity contribution < 1.29 is 28.8 Å². The van der Waals surface area contributed by atoms with Crippen molar-refractivity contribution in [3.8, 4) is 0 Å². The van der Waals surface area contributed by atoms with Crippen LogP contribution in [0.15, 0.2) is 43.0 Å². The number of likely N-dealkylation sites (tertiary alicyclic amines) is 1. The topological polar surface area (TPSA) is 99.1 Å². The van der Waals surface area contributed by atoms with Crippen LogP contribution in [0.25, 0.3) is 0 Å². The molecule has 1 aliphatic rings. The first-order chi connectivity index (χ1) is 11.9. The van der Waals surface area contributed by atoms with Crippen LogP contribution >= 0.6 is 0 Å². The van der Waals surface area contributed by atoms with E-state index in [0.717, 1.165) is 11.6 Å². The minimum Gasteiger partial charge on any atom is -0.441 e. The Morgan fingerprint density at radius 1 is 1.40 bits per heavy atom. The molecule has 0 radical (unpaired) electrons. The third-order valence-electron chi connectivity index (χ3n) is 3.90. The summed E-state index contributed by atoms with van der Waals surface area (Å²) in [5, 5.41) is 21.2. The van der Waals surface area contributed by atoms with E-state index in [1.165, 1.54) is 4.90 Å². The Hall–Kier alpha value is -2.39. The van der Waals surface area contributed by atoms with E-state index in [4.69, 9.17) is 4.74 Å². The Labute approximate surface area is 145 Å². The van der Waals surface area contributed by atoms with E-state index >= 15 is 0 Å². The molecule has 9 heteroatoms. The maximum absolute atomic E-state index is 13.9. The number of amides is 2. The van der Waals surface area contributed by atoms with Gasteiger partial charge in [-0.25, -0.2) is 9.18 Å². The average molecular weight is 350 g/mol. The zero-order valence-electron chi connectivity index (χ0n) is 13.5. The van der Waals surface area contributed by atoms with Gasteiger partial charge in [0.1, 0.15) is 0 Å². The largest absolute Gasteiger partial charge is 0.475 e. The fraction of sp³-hybridized carbons (Fsp3) is 0.375. The first-order valence-electron chi connectivity index (χ1n) is 7.83. The van der Waals surface area contributed by atoms with Crippen molar-refractivity contribution in [1.29, 1.82) is 0 Å². The predicted molar refractivity (Wildman–Crippen MR) is 89.2 cm³/mol. The number of hydrogen-bond donors (Lipinski definition) is 3. The molecule has 1 saturated heterocycles. The molecule has 134 valence electrons. The standard InChI is InChI=1S/C16H20BFN2O5/c1-2-15(21)20-9-12(18)13(10-20)25-16(22)19-14(17(23)24)8-11-6-4-3-5-7-11/h2-7,12-14,23-24H,1,8-10H2,(H,19,22)/t12-,13-,14+/m1/s1. The van der Waals surface area contributed by atoms with Crippen molar-refractivity contribution in [2.24, 2.45) is 0 Å². The Morgan fingerprint density at radius 2 is 2.08 bits per heavy atom. The van der Waals surface area contributed by atoms with Gasteiger partial charge in [-0.2, -0.15) is 0 Å². The zero-order chi connectivity index (χ0) is 18.4. The maximum atomic E-state index is 13.9. The number of nitrogens with zero attached hydrogens (tertiary/aromatic N) is 1. The molecule has 1 aliphatic heterocycles. The highest BCUT2D eigenvalue weighted by molar-refractivity contribution is 6.43. The first-order valence-corrected chi connectivity index (χ1v) is 7.83. The molecule has 7 nitrogen and oxygen atoms in total. The molecule has 2 amide bonds. The van der Waals surface area contributed by atoms with Crippen LogP contribution in [0, 0.1) is 0 Å². The van der Waals surface area contributed by atoms with E-state index in [0.29, 0.717) is 0 Å². The van der Waals surface area contributed by atoms with Crippen LogP contribution in [0.3, 0.4) is 0 Å². The van der Waals surface area contributed by atoms with Gasteiger partial charge in [-0.15, -0.1) is 0 Å². The van der Waals surface area contributed by atoms with Gasteiger partial charge < -0.3 is 25.0 Å². The lowest BCUT2D eigenvalue weighted by Gasteiger charge is -2.20. The normalized spacial score (nSPS) is 20.7. The lowest BCUT2D eigenvalue weighted by atomic mass is 9.76. The fourth-order valence-electron chi connectivity index (χ4n) is 2.58. The SMILES string of the molecule is C=CC(=O)N1C[C@@H](F)[C@H](OC(=O)N[C@@H](Cc2ccccc2)B(O)O)C1. The number of halogens is 1. The second-order valence-electron chi connectivity index (χ2n) is 5.76. The molecule has 25 heavy (non-hydrogen) atoms. The second-order valence-corrected chi connectivity index (χ2v) is 5.76. The van der Waals surface area contributed by atoms with Crippen molar-refractivity contribution in [2.45, 2.75) is 24.6 Å². The molecule has 0 unspecified atom stereocenters. The van der Waals surface area contributed by atoms with E-state index in [2.05, 4.69) is 11.9 Å². The third-order valence-corrected chi connectivity index (χ3v) is 3.90. The molecular formula is C16H20BFN2O5. The molecular weight excluding hydrogens is 330 g/mol. The first kappa shape index (κ1) is 18.9. The third kappa shape index (κ3) is 5.30. The van der Waals surface area contributed by atoms with Gasteiger partial charge in [0, 0.05) is 0 Å². The number of benzene rings is 1. The van der Waals surface area contributed by atoms with Gasteiger partial charge >= 0.3 is 13.2 Å². The van der Waals surface area contributed by atoms with Gasteiger partial charge in [-0.05, 0) is 18.1 Å². The highest BCUT2D eigenvalue weighted by Crippen LogP contribution is 2.17. The molecule has 0 spiro atoms. The van der Waals surface area contributed by atoms with Crippen LogP contribution in [0.2, 0.25) is 0 Å². The quantitative estimate of drug-likeness (QED) is 0.498. The molecule has 0 bridgehead atoms. The lowest BCUT2D eigenvalue weighted by Crippen LogP contribution is -2.49. The summed E-state index contributed by atoms with van der Waals surface area (Å²) >= 11 is 0. The predicted octanol–water partition coefficient (Wildman–Crippen LogP) is 0.0708. The lowest BCUT2D eigenvalue weighted by molar-refractivity contribution is -0.125. The number of carbonyl (C=O) groups excluding carboxylic acids is 2. The molecule has 1 aromatic rings. The van der Waals surface area contributed by atoms with E-state index in [1.54, 1.807) is 24.3 Å². The Morgan fingerprint density at radius 3 is 2.68 bits per heavy atom.